The number of nitro benzene ring substituents is 1. The van der Waals surface area contributed by atoms with E-state index in [0.29, 0.717) is 23.6 Å². The highest BCUT2D eigenvalue weighted by molar-refractivity contribution is 7.90. The van der Waals surface area contributed by atoms with Gasteiger partial charge in [0, 0.05) is 60.6 Å². The van der Waals surface area contributed by atoms with E-state index >= 15 is 0 Å². The Morgan fingerprint density at radius 2 is 1.71 bits per heavy atom. The number of carbonyl (C=O) groups is 1. The van der Waals surface area contributed by atoms with Crippen LogP contribution < -0.4 is 29.1 Å². The van der Waals surface area contributed by atoms with Gasteiger partial charge in [-0.25, -0.2) is 13.1 Å². The van der Waals surface area contributed by atoms with E-state index in [9.17, 15) is 23.3 Å². The summed E-state index contributed by atoms with van der Waals surface area (Å²) in [5, 5.41) is 16.6. The van der Waals surface area contributed by atoms with Crippen LogP contribution in [0.4, 0.5) is 17.1 Å². The second-order valence-corrected chi connectivity index (χ2v) is 23.8. The SMILES string of the molecule is CC(C)c1ccccc1[C@H]1CCCN1C1CC2(CCN(c3ccc(C(=O)NS(=O)(=O)c4cc5c(c([N+](=O)[O-])c4)N[C@@H](C4CCC(C)(C)CC4)CO5)c(Oc4cc5cc[nH]c5nc4OC4CC4)c3)CC2)C1. The quantitative estimate of drug-likeness (QED) is 0.0751. The van der Waals surface area contributed by atoms with Crippen molar-refractivity contribution in [2.75, 3.05) is 36.5 Å². The number of sulfonamides is 1. The fraction of sp³-hybridized carbons (Fsp3) is 0.519. The number of pyridine rings is 1. The second kappa shape index (κ2) is 18.1. The van der Waals surface area contributed by atoms with E-state index in [1.165, 1.54) is 42.9 Å². The minimum absolute atomic E-state index is 0.00843. The molecule has 3 aliphatic carbocycles. The van der Waals surface area contributed by atoms with Crippen molar-refractivity contribution >= 4 is 44.0 Å². The summed E-state index contributed by atoms with van der Waals surface area (Å²) in [5.74, 6) is 0.503. The number of hydrogen-bond acceptors (Lipinski definition) is 12. The van der Waals surface area contributed by atoms with Gasteiger partial charge in [0.05, 0.1) is 21.4 Å². The molecule has 5 heterocycles. The van der Waals surface area contributed by atoms with Gasteiger partial charge < -0.3 is 29.4 Å². The third-order valence-electron chi connectivity index (χ3n) is 16.5. The third kappa shape index (κ3) is 9.17. The highest BCUT2D eigenvalue weighted by Gasteiger charge is 2.50. The van der Waals surface area contributed by atoms with Gasteiger partial charge in [-0.15, -0.1) is 0 Å². The van der Waals surface area contributed by atoms with Gasteiger partial charge in [0.25, 0.3) is 27.5 Å². The number of rotatable bonds is 13. The van der Waals surface area contributed by atoms with Gasteiger partial charge >= 0.3 is 0 Å². The molecule has 1 spiro atoms. The van der Waals surface area contributed by atoms with Crippen molar-refractivity contribution < 1.29 is 32.3 Å². The molecule has 16 heteroatoms. The number of likely N-dealkylation sites (tertiary alicyclic amines) is 1. The van der Waals surface area contributed by atoms with Crippen molar-refractivity contribution in [2.45, 2.75) is 140 Å². The number of nitrogens with zero attached hydrogens (tertiary/aromatic N) is 4. The summed E-state index contributed by atoms with van der Waals surface area (Å²) in [5.41, 5.74) is 4.61. The maximum atomic E-state index is 14.4. The number of aromatic nitrogens is 2. The summed E-state index contributed by atoms with van der Waals surface area (Å²) in [4.78, 5) is 38.7. The fourth-order valence-corrected chi connectivity index (χ4v) is 13.1. The number of amides is 1. The van der Waals surface area contributed by atoms with Gasteiger partial charge in [-0.2, -0.15) is 4.98 Å². The zero-order valence-corrected chi connectivity index (χ0v) is 41.5. The Hall–Kier alpha value is -5.87. The van der Waals surface area contributed by atoms with Gasteiger partial charge in [0.2, 0.25) is 0 Å². The van der Waals surface area contributed by atoms with E-state index in [0.717, 1.165) is 88.1 Å². The van der Waals surface area contributed by atoms with Crippen molar-refractivity contribution in [2.24, 2.45) is 16.7 Å². The first-order valence-corrected chi connectivity index (χ1v) is 26.9. The molecule has 2 atom stereocenters. The minimum atomic E-state index is -4.67. The molecule has 5 aromatic rings. The zero-order chi connectivity index (χ0) is 48.5. The topological polar surface area (TPSA) is 181 Å². The van der Waals surface area contributed by atoms with Crippen molar-refractivity contribution in [3.05, 3.63) is 99.7 Å². The lowest BCUT2D eigenvalue weighted by atomic mass is 9.59. The fourth-order valence-electron chi connectivity index (χ4n) is 12.1. The molecule has 0 unspecified atom stereocenters. The number of piperidine rings is 1. The molecule has 3 aromatic carbocycles. The highest BCUT2D eigenvalue weighted by atomic mass is 32.2. The number of carbonyl (C=O) groups excluding carboxylic acids is 1. The molecule has 370 valence electrons. The Kier molecular flexibility index (Phi) is 12.0. The smallest absolute Gasteiger partial charge is 0.297 e. The largest absolute Gasteiger partial charge is 0.489 e. The van der Waals surface area contributed by atoms with Gasteiger partial charge in [-0.1, -0.05) is 52.0 Å². The molecule has 3 saturated carbocycles. The minimum Gasteiger partial charge on any atom is -0.489 e. The number of H-pyrrole nitrogens is 1. The predicted molar refractivity (Wildman–Crippen MR) is 269 cm³/mol. The van der Waals surface area contributed by atoms with Crippen LogP contribution in [-0.2, 0) is 10.0 Å². The van der Waals surface area contributed by atoms with Crippen LogP contribution in [0.3, 0.4) is 0 Å². The maximum Gasteiger partial charge on any atom is 0.297 e. The molecule has 0 radical (unpaired) electrons. The number of nitro groups is 1. The standard InChI is InChI=1S/C54H65N7O8S/c1-33(2)40-8-5-6-9-41(40)44-10-7-23-60(44)37-30-54(31-37)20-24-59(25-21-54)36-11-14-42(46(27-36)69-48-26-35-17-22-55-50(35)57-52(48)68-38-12-13-38)51(62)58-70(65,66)39-28-45(61(63)64)49-47(29-39)67-32-43(56-49)34-15-18-53(3,4)19-16-34/h5-6,8-9,11,14,17,22,26-29,33-34,37-38,43-44,56H,7,10,12-13,15-16,18-21,23-25,30-32H2,1-4H3,(H,55,57)(H,58,62)/t43-,44-/m1/s1. The lowest BCUT2D eigenvalue weighted by molar-refractivity contribution is -0.384. The molecule has 3 aliphatic heterocycles. The average molecular weight is 972 g/mol. The highest BCUT2D eigenvalue weighted by Crippen LogP contribution is 2.55. The van der Waals surface area contributed by atoms with Crippen molar-refractivity contribution in [3.63, 3.8) is 0 Å². The number of benzene rings is 3. The molecule has 70 heavy (non-hydrogen) atoms. The summed E-state index contributed by atoms with van der Waals surface area (Å²) in [6, 6.07) is 21.0. The van der Waals surface area contributed by atoms with Crippen molar-refractivity contribution in [3.8, 4) is 23.1 Å². The molecule has 6 aliphatic rings. The Balaban J connectivity index is 0.833. The van der Waals surface area contributed by atoms with E-state index in [-0.39, 0.29) is 69.9 Å². The number of ether oxygens (including phenoxy) is 3. The molecular formula is C54H65N7O8S. The maximum absolute atomic E-state index is 14.4. The number of fused-ring (bicyclic) bond motifs is 2. The van der Waals surface area contributed by atoms with Crippen LogP contribution in [0.25, 0.3) is 11.0 Å². The first-order chi connectivity index (χ1) is 33.6. The summed E-state index contributed by atoms with van der Waals surface area (Å²) in [6.45, 7) is 12.1. The van der Waals surface area contributed by atoms with E-state index in [4.69, 9.17) is 19.2 Å². The van der Waals surface area contributed by atoms with Crippen LogP contribution in [0.2, 0.25) is 0 Å². The Labute approximate surface area is 410 Å². The normalized spacial score (nSPS) is 22.6. The molecule has 3 N–H and O–H groups in total. The van der Waals surface area contributed by atoms with E-state index in [1.807, 2.05) is 12.1 Å². The van der Waals surface area contributed by atoms with Crippen LogP contribution in [-0.4, -0.2) is 78.5 Å². The van der Waals surface area contributed by atoms with Crippen molar-refractivity contribution in [1.29, 1.82) is 0 Å². The molecule has 0 bridgehead atoms. The molecular weight excluding hydrogens is 907 g/mol. The van der Waals surface area contributed by atoms with E-state index < -0.39 is 31.4 Å². The zero-order valence-electron chi connectivity index (χ0n) is 40.7. The van der Waals surface area contributed by atoms with Crippen LogP contribution >= 0.6 is 0 Å². The van der Waals surface area contributed by atoms with E-state index in [1.54, 1.807) is 24.4 Å². The van der Waals surface area contributed by atoms with Crippen molar-refractivity contribution in [1.82, 2.24) is 19.6 Å². The lowest BCUT2D eigenvalue weighted by Crippen LogP contribution is -2.54. The molecule has 5 fully saturated rings. The van der Waals surface area contributed by atoms with Gasteiger partial charge in [0.15, 0.2) is 17.2 Å². The number of hydrogen-bond donors (Lipinski definition) is 3. The van der Waals surface area contributed by atoms with Gasteiger partial charge in [-0.05, 0) is 142 Å². The van der Waals surface area contributed by atoms with Crippen LogP contribution in [0.1, 0.15) is 138 Å². The first-order valence-electron chi connectivity index (χ1n) is 25.5. The summed E-state index contributed by atoms with van der Waals surface area (Å²) in [7, 11) is -4.67. The molecule has 2 aromatic heterocycles. The predicted octanol–water partition coefficient (Wildman–Crippen LogP) is 11.0. The summed E-state index contributed by atoms with van der Waals surface area (Å²) >= 11 is 0. The molecule has 2 saturated heterocycles. The number of aromatic amines is 1. The van der Waals surface area contributed by atoms with Crippen LogP contribution in [0, 0.1) is 26.9 Å². The van der Waals surface area contributed by atoms with E-state index in [2.05, 4.69) is 76.8 Å². The van der Waals surface area contributed by atoms with Gasteiger partial charge in [0.1, 0.15) is 24.1 Å². The average Bonchev–Trinajstić information content (AvgIpc) is 3.81. The number of nitrogens with one attached hydrogen (secondary N) is 3. The van der Waals surface area contributed by atoms with Crippen LogP contribution in [0.5, 0.6) is 23.1 Å². The Morgan fingerprint density at radius 3 is 2.46 bits per heavy atom. The molecule has 11 rings (SSSR count). The number of anilines is 2. The Morgan fingerprint density at radius 1 is 0.943 bits per heavy atom. The summed E-state index contributed by atoms with van der Waals surface area (Å²) in [6.07, 6.45) is 14.4. The lowest BCUT2D eigenvalue weighted by Gasteiger charge is -2.56. The third-order valence-corrected chi connectivity index (χ3v) is 17.8. The summed E-state index contributed by atoms with van der Waals surface area (Å²) < 4.78 is 49.4. The van der Waals surface area contributed by atoms with Crippen LogP contribution in [0.15, 0.2) is 77.8 Å². The molecule has 1 amide bonds. The first kappa shape index (κ1) is 46.5. The Bertz CT molecular complexity index is 2920. The molecule has 15 nitrogen and oxygen atoms in total. The monoisotopic (exact) mass is 971 g/mol. The second-order valence-electron chi connectivity index (χ2n) is 22.1. The van der Waals surface area contributed by atoms with Gasteiger partial charge in [-0.3, -0.25) is 19.8 Å².